The number of hydrogen-bond acceptors (Lipinski definition) is 3. The van der Waals surface area contributed by atoms with Crippen LogP contribution in [0.5, 0.6) is 0 Å². The number of Topliss-reactive ketones (excluding diaryl/α,β-unsaturated/α-hetero) is 1. The monoisotopic (exact) mass is 168 g/mol. The van der Waals surface area contributed by atoms with Gasteiger partial charge in [0, 0.05) is 26.2 Å². The van der Waals surface area contributed by atoms with Crippen molar-refractivity contribution >= 4 is 11.5 Å². The van der Waals surface area contributed by atoms with Crippen LogP contribution in [0, 0.1) is 5.92 Å². The molecule has 12 heavy (non-hydrogen) atoms. The van der Waals surface area contributed by atoms with Crippen LogP contribution in [0.15, 0.2) is 5.10 Å². The van der Waals surface area contributed by atoms with Crippen molar-refractivity contribution in [1.29, 1.82) is 0 Å². The number of nitrogens with zero attached hydrogens (tertiary/aromatic N) is 2. The van der Waals surface area contributed by atoms with E-state index in [-0.39, 0.29) is 5.92 Å². The van der Waals surface area contributed by atoms with Crippen molar-refractivity contribution in [3.05, 3.63) is 0 Å². The Morgan fingerprint density at radius 3 is 2.67 bits per heavy atom. The highest BCUT2D eigenvalue weighted by molar-refractivity contribution is 6.06. The number of ketones is 1. The molecule has 1 aliphatic rings. The standard InChI is InChI=1S/C9H16N2O/c1-7-8(10-11(2)3)5-4-6-9(7)12/h7H,4-6H2,1-3H3/b10-8+. The fraction of sp³-hybridized carbons (Fsp3) is 0.778. The molecule has 0 aliphatic heterocycles. The summed E-state index contributed by atoms with van der Waals surface area (Å²) in [6, 6.07) is 0. The van der Waals surface area contributed by atoms with Crippen LogP contribution < -0.4 is 0 Å². The fourth-order valence-corrected chi connectivity index (χ4v) is 1.46. The highest BCUT2D eigenvalue weighted by atomic mass is 16.1. The van der Waals surface area contributed by atoms with Gasteiger partial charge < -0.3 is 5.01 Å². The largest absolute Gasteiger partial charge is 0.303 e. The Labute approximate surface area is 73.4 Å². The molecule has 0 radical (unpaired) electrons. The third-order valence-corrected chi connectivity index (χ3v) is 2.17. The molecule has 1 saturated carbocycles. The first-order chi connectivity index (χ1) is 5.61. The van der Waals surface area contributed by atoms with Crippen LogP contribution in [0.25, 0.3) is 0 Å². The predicted molar refractivity (Wildman–Crippen MR) is 49.1 cm³/mol. The van der Waals surface area contributed by atoms with Gasteiger partial charge in [0.05, 0.1) is 5.92 Å². The molecule has 0 spiro atoms. The summed E-state index contributed by atoms with van der Waals surface area (Å²) < 4.78 is 0. The van der Waals surface area contributed by atoms with E-state index < -0.39 is 0 Å². The van der Waals surface area contributed by atoms with E-state index in [4.69, 9.17) is 0 Å². The maximum absolute atomic E-state index is 11.3. The van der Waals surface area contributed by atoms with E-state index in [1.54, 1.807) is 5.01 Å². The zero-order valence-electron chi connectivity index (χ0n) is 8.00. The number of carbonyl (C=O) groups excluding carboxylic acids is 1. The van der Waals surface area contributed by atoms with Gasteiger partial charge in [-0.3, -0.25) is 4.79 Å². The van der Waals surface area contributed by atoms with Gasteiger partial charge in [-0.05, 0) is 12.8 Å². The van der Waals surface area contributed by atoms with E-state index in [1.165, 1.54) is 0 Å². The molecule has 0 amide bonds. The van der Waals surface area contributed by atoms with Gasteiger partial charge in [0.15, 0.2) is 0 Å². The minimum absolute atomic E-state index is 0.0427. The lowest BCUT2D eigenvalue weighted by Gasteiger charge is -2.20. The highest BCUT2D eigenvalue weighted by Gasteiger charge is 2.23. The Bertz CT molecular complexity index is 209. The maximum atomic E-state index is 11.3. The Morgan fingerprint density at radius 1 is 1.42 bits per heavy atom. The van der Waals surface area contributed by atoms with Gasteiger partial charge in [0.25, 0.3) is 0 Å². The van der Waals surface area contributed by atoms with Crippen molar-refractivity contribution in [2.24, 2.45) is 11.0 Å². The van der Waals surface area contributed by atoms with E-state index in [0.29, 0.717) is 5.78 Å². The minimum Gasteiger partial charge on any atom is -0.303 e. The maximum Gasteiger partial charge on any atom is 0.141 e. The van der Waals surface area contributed by atoms with Crippen molar-refractivity contribution in [1.82, 2.24) is 5.01 Å². The minimum atomic E-state index is 0.0427. The molecule has 0 aromatic rings. The molecule has 1 atom stereocenters. The average molecular weight is 168 g/mol. The summed E-state index contributed by atoms with van der Waals surface area (Å²) in [7, 11) is 3.78. The molecule has 0 aromatic heterocycles. The molecular formula is C9H16N2O. The van der Waals surface area contributed by atoms with Crippen molar-refractivity contribution in [2.45, 2.75) is 26.2 Å². The summed E-state index contributed by atoms with van der Waals surface area (Å²) in [4.78, 5) is 11.3. The van der Waals surface area contributed by atoms with Gasteiger partial charge in [-0.2, -0.15) is 5.10 Å². The second-order valence-corrected chi connectivity index (χ2v) is 3.48. The van der Waals surface area contributed by atoms with Gasteiger partial charge in [-0.1, -0.05) is 6.92 Å². The topological polar surface area (TPSA) is 32.7 Å². The molecule has 68 valence electrons. The lowest BCUT2D eigenvalue weighted by atomic mass is 9.88. The van der Waals surface area contributed by atoms with E-state index in [2.05, 4.69) is 5.10 Å². The van der Waals surface area contributed by atoms with Crippen LogP contribution >= 0.6 is 0 Å². The third kappa shape index (κ3) is 2.06. The molecular weight excluding hydrogens is 152 g/mol. The second-order valence-electron chi connectivity index (χ2n) is 3.48. The normalized spacial score (nSPS) is 27.8. The van der Waals surface area contributed by atoms with Crippen LogP contribution in [0.4, 0.5) is 0 Å². The molecule has 0 N–H and O–H groups in total. The highest BCUT2D eigenvalue weighted by Crippen LogP contribution is 2.18. The molecule has 1 rings (SSSR count). The van der Waals surface area contributed by atoms with Gasteiger partial charge in [0.2, 0.25) is 0 Å². The molecule has 1 unspecified atom stereocenters. The SMILES string of the molecule is CC1C(=O)CCC/C1=N\N(C)C. The van der Waals surface area contributed by atoms with Crippen LogP contribution in [0.1, 0.15) is 26.2 Å². The van der Waals surface area contributed by atoms with Crippen molar-refractivity contribution in [3.63, 3.8) is 0 Å². The summed E-state index contributed by atoms with van der Waals surface area (Å²) in [6.45, 7) is 1.95. The first kappa shape index (κ1) is 9.23. The summed E-state index contributed by atoms with van der Waals surface area (Å²) in [6.07, 6.45) is 2.68. The quantitative estimate of drug-likeness (QED) is 0.553. The van der Waals surface area contributed by atoms with Crippen molar-refractivity contribution < 1.29 is 4.79 Å². The summed E-state index contributed by atoms with van der Waals surface area (Å²) >= 11 is 0. The molecule has 3 heteroatoms. The number of carbonyl (C=O) groups is 1. The van der Waals surface area contributed by atoms with Crippen LogP contribution in [-0.4, -0.2) is 30.6 Å². The first-order valence-corrected chi connectivity index (χ1v) is 4.38. The van der Waals surface area contributed by atoms with Crippen LogP contribution in [-0.2, 0) is 4.79 Å². The predicted octanol–water partition coefficient (Wildman–Crippen LogP) is 1.29. The van der Waals surface area contributed by atoms with Gasteiger partial charge in [-0.25, -0.2) is 0 Å². The molecule has 0 heterocycles. The van der Waals surface area contributed by atoms with Gasteiger partial charge in [-0.15, -0.1) is 0 Å². The average Bonchev–Trinajstić information content (AvgIpc) is 1.98. The van der Waals surface area contributed by atoms with Gasteiger partial charge >= 0.3 is 0 Å². The van der Waals surface area contributed by atoms with Gasteiger partial charge in [0.1, 0.15) is 5.78 Å². The molecule has 1 fully saturated rings. The van der Waals surface area contributed by atoms with E-state index >= 15 is 0 Å². The van der Waals surface area contributed by atoms with Crippen molar-refractivity contribution in [3.8, 4) is 0 Å². The van der Waals surface area contributed by atoms with E-state index in [9.17, 15) is 4.79 Å². The molecule has 0 saturated heterocycles. The zero-order valence-corrected chi connectivity index (χ0v) is 8.00. The zero-order chi connectivity index (χ0) is 9.14. The summed E-state index contributed by atoms with van der Waals surface area (Å²) in [5, 5.41) is 6.07. The Balaban J connectivity index is 2.70. The lowest BCUT2D eigenvalue weighted by Crippen LogP contribution is -2.27. The molecule has 0 aromatic carbocycles. The van der Waals surface area contributed by atoms with E-state index in [1.807, 2.05) is 21.0 Å². The third-order valence-electron chi connectivity index (χ3n) is 2.17. The lowest BCUT2D eigenvalue weighted by molar-refractivity contribution is -0.121. The molecule has 3 nitrogen and oxygen atoms in total. The molecule has 0 bridgehead atoms. The second kappa shape index (κ2) is 3.70. The number of hydrogen-bond donors (Lipinski definition) is 0. The van der Waals surface area contributed by atoms with Crippen LogP contribution in [0.2, 0.25) is 0 Å². The number of rotatable bonds is 1. The van der Waals surface area contributed by atoms with Crippen molar-refractivity contribution in [2.75, 3.05) is 14.1 Å². The Hall–Kier alpha value is -0.860. The molecule has 1 aliphatic carbocycles. The summed E-state index contributed by atoms with van der Waals surface area (Å²) in [5.74, 6) is 0.378. The van der Waals surface area contributed by atoms with E-state index in [0.717, 1.165) is 25.0 Å². The first-order valence-electron chi connectivity index (χ1n) is 4.38. The number of hydrazone groups is 1. The Morgan fingerprint density at radius 2 is 2.08 bits per heavy atom. The fourth-order valence-electron chi connectivity index (χ4n) is 1.46. The smallest absolute Gasteiger partial charge is 0.141 e. The Kier molecular flexibility index (Phi) is 2.84. The van der Waals surface area contributed by atoms with Crippen LogP contribution in [0.3, 0.4) is 0 Å². The summed E-state index contributed by atoms with van der Waals surface area (Å²) in [5.41, 5.74) is 1.04.